The number of sulfone groups is 1. The Kier molecular flexibility index (Phi) is 6.26. The predicted octanol–water partition coefficient (Wildman–Crippen LogP) is 3.44. The van der Waals surface area contributed by atoms with Gasteiger partial charge >= 0.3 is 0 Å². The molecule has 0 radical (unpaired) electrons. The molecule has 4 heterocycles. The van der Waals surface area contributed by atoms with Gasteiger partial charge in [0.2, 0.25) is 0 Å². The molecule has 0 amide bonds. The molecule has 0 atom stereocenters. The van der Waals surface area contributed by atoms with E-state index in [-0.39, 0.29) is 22.7 Å². The van der Waals surface area contributed by atoms with E-state index in [1.807, 2.05) is 0 Å². The molecule has 4 aliphatic rings. The lowest BCUT2D eigenvalue weighted by atomic mass is 9.84. The Balaban J connectivity index is 0.954. The molecule has 2 fully saturated rings. The number of nitrogens with zero attached hydrogens (tertiary/aromatic N) is 2. The van der Waals surface area contributed by atoms with E-state index in [0.29, 0.717) is 26.3 Å². The zero-order chi connectivity index (χ0) is 23.9. The Morgan fingerprint density at radius 1 is 0.657 bits per heavy atom. The Hall–Kier alpha value is -1.77. The van der Waals surface area contributed by atoms with E-state index in [1.54, 1.807) is 0 Å². The van der Waals surface area contributed by atoms with Crippen LogP contribution in [0.15, 0.2) is 48.5 Å². The Labute approximate surface area is 209 Å². The SMILES string of the molecule is O=S(=O)(CCN1CCC2(CC1)OCc1ccccc12)CCN1CCC2(CC1)OCc1ccccc12. The number of hydrogen-bond acceptors (Lipinski definition) is 6. The van der Waals surface area contributed by atoms with E-state index in [2.05, 4.69) is 58.3 Å². The lowest BCUT2D eigenvalue weighted by Gasteiger charge is -2.39. The summed E-state index contributed by atoms with van der Waals surface area (Å²) in [6.07, 6.45) is 3.74. The van der Waals surface area contributed by atoms with Gasteiger partial charge in [0.05, 0.1) is 35.9 Å². The highest BCUT2D eigenvalue weighted by molar-refractivity contribution is 7.91. The first-order chi connectivity index (χ1) is 17.0. The Bertz CT molecular complexity index is 1080. The summed E-state index contributed by atoms with van der Waals surface area (Å²) in [5.74, 6) is 0.484. The van der Waals surface area contributed by atoms with Crippen LogP contribution in [0.5, 0.6) is 0 Å². The van der Waals surface area contributed by atoms with Gasteiger partial charge in [-0.15, -0.1) is 0 Å². The van der Waals surface area contributed by atoms with Gasteiger partial charge in [0.25, 0.3) is 0 Å². The maximum Gasteiger partial charge on any atom is 0.152 e. The summed E-state index contributed by atoms with van der Waals surface area (Å²) in [6.45, 7) is 6.18. The van der Waals surface area contributed by atoms with Crippen LogP contribution >= 0.6 is 0 Å². The lowest BCUT2D eigenvalue weighted by molar-refractivity contribution is -0.0780. The van der Waals surface area contributed by atoms with Crippen LogP contribution in [-0.2, 0) is 43.7 Å². The second-order valence-corrected chi connectivity index (χ2v) is 13.0. The standard InChI is InChI=1S/C28H36N2O4S/c31-35(32,19-17-29-13-9-27(10-14-29)25-7-3-1-5-23(25)21-33-27)20-18-30-15-11-28(12-16-30)26-8-4-2-6-24(26)22-34-28/h1-8H,9-22H2. The van der Waals surface area contributed by atoms with Crippen LogP contribution in [-0.4, -0.2) is 69.0 Å². The number of likely N-dealkylation sites (tertiary alicyclic amines) is 2. The van der Waals surface area contributed by atoms with Crippen molar-refractivity contribution in [2.24, 2.45) is 0 Å². The number of ether oxygens (including phenoxy) is 2. The average Bonchev–Trinajstić information content (AvgIpc) is 3.43. The molecule has 0 bridgehead atoms. The molecule has 0 aliphatic carbocycles. The predicted molar refractivity (Wildman–Crippen MR) is 136 cm³/mol. The van der Waals surface area contributed by atoms with Crippen molar-refractivity contribution in [1.29, 1.82) is 0 Å². The van der Waals surface area contributed by atoms with Gasteiger partial charge in [-0.05, 0) is 47.9 Å². The first-order valence-corrected chi connectivity index (χ1v) is 14.9. The van der Waals surface area contributed by atoms with Crippen LogP contribution in [0.1, 0.15) is 47.9 Å². The largest absolute Gasteiger partial charge is 0.365 e. The molecule has 6 rings (SSSR count). The smallest absolute Gasteiger partial charge is 0.152 e. The van der Waals surface area contributed by atoms with Gasteiger partial charge in [-0.2, -0.15) is 0 Å². The highest BCUT2D eigenvalue weighted by Crippen LogP contribution is 2.45. The fourth-order valence-corrected chi connectivity index (χ4v) is 7.79. The van der Waals surface area contributed by atoms with Crippen LogP contribution in [0.4, 0.5) is 0 Å². The zero-order valence-corrected chi connectivity index (χ0v) is 21.3. The summed E-state index contributed by atoms with van der Waals surface area (Å²) in [5.41, 5.74) is 4.94. The van der Waals surface area contributed by atoms with Gasteiger partial charge in [-0.25, -0.2) is 8.42 Å². The van der Waals surface area contributed by atoms with Crippen LogP contribution in [0.25, 0.3) is 0 Å². The third-order valence-electron chi connectivity index (χ3n) is 8.79. The summed E-state index contributed by atoms with van der Waals surface area (Å²) >= 11 is 0. The minimum atomic E-state index is -3.08. The fourth-order valence-electron chi connectivity index (χ4n) is 6.51. The van der Waals surface area contributed by atoms with Crippen molar-refractivity contribution >= 4 is 9.84 Å². The summed E-state index contributed by atoms with van der Waals surface area (Å²) in [6, 6.07) is 17.0. The molecule has 0 N–H and O–H groups in total. The molecule has 6 nitrogen and oxygen atoms in total. The van der Waals surface area contributed by atoms with Crippen molar-refractivity contribution in [2.75, 3.05) is 50.8 Å². The molecular weight excluding hydrogens is 460 g/mol. The summed E-state index contributed by atoms with van der Waals surface area (Å²) in [7, 11) is -3.08. The third-order valence-corrected chi connectivity index (χ3v) is 10.4. The van der Waals surface area contributed by atoms with Gasteiger partial charge in [0.1, 0.15) is 0 Å². The molecule has 0 aromatic heterocycles. The summed E-state index contributed by atoms with van der Waals surface area (Å²) < 4.78 is 38.2. The maximum atomic E-state index is 12.8. The first kappa shape index (κ1) is 23.6. The van der Waals surface area contributed by atoms with E-state index in [9.17, 15) is 8.42 Å². The number of hydrogen-bond donors (Lipinski definition) is 0. The molecule has 2 aromatic carbocycles. The van der Waals surface area contributed by atoms with E-state index in [4.69, 9.17) is 9.47 Å². The second-order valence-electron chi connectivity index (χ2n) is 10.7. The molecule has 2 saturated heterocycles. The van der Waals surface area contributed by atoms with Crippen LogP contribution < -0.4 is 0 Å². The summed E-state index contributed by atoms with van der Waals surface area (Å²) in [4.78, 5) is 4.60. The highest BCUT2D eigenvalue weighted by Gasteiger charge is 2.43. The van der Waals surface area contributed by atoms with Gasteiger partial charge in [-0.1, -0.05) is 48.5 Å². The quantitative estimate of drug-likeness (QED) is 0.611. The number of piperidine rings is 2. The molecule has 0 unspecified atom stereocenters. The normalized spacial score (nSPS) is 23.5. The zero-order valence-electron chi connectivity index (χ0n) is 20.5. The van der Waals surface area contributed by atoms with Crippen molar-refractivity contribution in [1.82, 2.24) is 9.80 Å². The molecule has 4 aliphatic heterocycles. The van der Waals surface area contributed by atoms with E-state index in [1.165, 1.54) is 22.3 Å². The first-order valence-electron chi connectivity index (χ1n) is 13.1. The average molecular weight is 497 g/mol. The second kappa shape index (κ2) is 9.27. The number of fused-ring (bicyclic) bond motifs is 4. The van der Waals surface area contributed by atoms with Gasteiger partial charge in [-0.3, -0.25) is 0 Å². The van der Waals surface area contributed by atoms with Crippen LogP contribution in [0, 0.1) is 0 Å². The van der Waals surface area contributed by atoms with Crippen LogP contribution in [0.2, 0.25) is 0 Å². The lowest BCUT2D eigenvalue weighted by Crippen LogP contribution is -2.45. The van der Waals surface area contributed by atoms with Crippen molar-refractivity contribution in [3.8, 4) is 0 Å². The molecule has 2 aromatic rings. The monoisotopic (exact) mass is 496 g/mol. The number of benzene rings is 2. The Morgan fingerprint density at radius 2 is 1.06 bits per heavy atom. The maximum absolute atomic E-state index is 12.8. The number of rotatable bonds is 6. The van der Waals surface area contributed by atoms with Crippen molar-refractivity contribution in [3.63, 3.8) is 0 Å². The van der Waals surface area contributed by atoms with Gasteiger partial charge in [0.15, 0.2) is 9.84 Å². The van der Waals surface area contributed by atoms with Crippen molar-refractivity contribution < 1.29 is 17.9 Å². The molecule has 35 heavy (non-hydrogen) atoms. The van der Waals surface area contributed by atoms with Crippen LogP contribution in [0.3, 0.4) is 0 Å². The van der Waals surface area contributed by atoms with E-state index < -0.39 is 9.84 Å². The van der Waals surface area contributed by atoms with Crippen molar-refractivity contribution in [3.05, 3.63) is 70.8 Å². The topological polar surface area (TPSA) is 59.1 Å². The highest BCUT2D eigenvalue weighted by atomic mass is 32.2. The molecule has 0 saturated carbocycles. The van der Waals surface area contributed by atoms with E-state index in [0.717, 1.165) is 51.9 Å². The van der Waals surface area contributed by atoms with Crippen molar-refractivity contribution in [2.45, 2.75) is 50.1 Å². The molecular formula is C28H36N2O4S. The van der Waals surface area contributed by atoms with Gasteiger partial charge < -0.3 is 19.3 Å². The van der Waals surface area contributed by atoms with E-state index >= 15 is 0 Å². The molecule has 2 spiro atoms. The third kappa shape index (κ3) is 4.58. The Morgan fingerprint density at radius 3 is 1.49 bits per heavy atom. The van der Waals surface area contributed by atoms with Gasteiger partial charge in [0, 0.05) is 39.3 Å². The minimum absolute atomic E-state index is 0.166. The molecule has 188 valence electrons. The molecule has 7 heteroatoms. The minimum Gasteiger partial charge on any atom is -0.365 e. The fraction of sp³-hybridized carbons (Fsp3) is 0.571. The summed E-state index contributed by atoms with van der Waals surface area (Å²) in [5, 5.41) is 0.